The lowest BCUT2D eigenvalue weighted by molar-refractivity contribution is 0.707. The van der Waals surface area contributed by atoms with Gasteiger partial charge in [-0.15, -0.1) is 0 Å². The molecule has 1 fully saturated rings. The van der Waals surface area contributed by atoms with Gasteiger partial charge >= 0.3 is 0 Å². The molecule has 1 aromatic rings. The summed E-state index contributed by atoms with van der Waals surface area (Å²) in [5, 5.41) is 0. The Balaban J connectivity index is 1.95. The Labute approximate surface area is 153 Å². The van der Waals surface area contributed by atoms with Crippen LogP contribution in [0.25, 0.3) is 11.6 Å². The van der Waals surface area contributed by atoms with Crippen LogP contribution in [0.15, 0.2) is 65.8 Å². The van der Waals surface area contributed by atoms with Crippen molar-refractivity contribution in [2.75, 3.05) is 0 Å². The lowest BCUT2D eigenvalue weighted by Crippen LogP contribution is -2.00. The summed E-state index contributed by atoms with van der Waals surface area (Å²) in [5.74, 6) is 0.665. The van der Waals surface area contributed by atoms with E-state index < -0.39 is 0 Å². The third-order valence-electron chi connectivity index (χ3n) is 5.64. The van der Waals surface area contributed by atoms with E-state index in [0.29, 0.717) is 5.92 Å². The van der Waals surface area contributed by atoms with Crippen molar-refractivity contribution in [2.24, 2.45) is 5.92 Å². The minimum absolute atomic E-state index is 0.665. The van der Waals surface area contributed by atoms with Gasteiger partial charge in [-0.2, -0.15) is 0 Å². The summed E-state index contributed by atoms with van der Waals surface area (Å²) in [6, 6.07) is 6.65. The Bertz CT molecular complexity index is 774. The van der Waals surface area contributed by atoms with Crippen molar-refractivity contribution in [3.8, 4) is 0 Å². The number of allylic oxidation sites excluding steroid dienone is 8. The van der Waals surface area contributed by atoms with Gasteiger partial charge in [0.2, 0.25) is 0 Å². The van der Waals surface area contributed by atoms with Gasteiger partial charge in [-0.3, -0.25) is 0 Å². The average Bonchev–Trinajstić information content (AvgIpc) is 3.05. The van der Waals surface area contributed by atoms with E-state index in [1.165, 1.54) is 64.7 Å². The van der Waals surface area contributed by atoms with Gasteiger partial charge in [0.05, 0.1) is 0 Å². The summed E-state index contributed by atoms with van der Waals surface area (Å²) in [6.07, 6.45) is 17.7. The van der Waals surface area contributed by atoms with Crippen molar-refractivity contribution in [2.45, 2.75) is 52.9 Å². The predicted octanol–water partition coefficient (Wildman–Crippen LogP) is 7.43. The highest BCUT2D eigenvalue weighted by molar-refractivity contribution is 5.77. The molecule has 0 aromatic heterocycles. The lowest BCUT2D eigenvalue weighted by Gasteiger charge is -2.18. The van der Waals surface area contributed by atoms with Crippen LogP contribution in [0.1, 0.15) is 62.6 Å². The number of hydrogen-bond donors (Lipinski definition) is 0. The zero-order valence-electron chi connectivity index (χ0n) is 15.9. The Morgan fingerprint density at radius 1 is 1.08 bits per heavy atom. The van der Waals surface area contributed by atoms with E-state index in [4.69, 9.17) is 0 Å². The minimum atomic E-state index is 0.665. The Morgan fingerprint density at radius 2 is 1.84 bits per heavy atom. The monoisotopic (exact) mass is 330 g/mol. The van der Waals surface area contributed by atoms with Crippen LogP contribution in [0, 0.1) is 12.8 Å². The van der Waals surface area contributed by atoms with Gasteiger partial charge in [0.25, 0.3) is 0 Å². The summed E-state index contributed by atoms with van der Waals surface area (Å²) < 4.78 is 0. The van der Waals surface area contributed by atoms with Crippen LogP contribution in [0.4, 0.5) is 0 Å². The normalized spacial score (nSPS) is 18.8. The molecule has 0 heteroatoms. The SMILES string of the molecule is C=C(c1cccc(C)c1/C=C(\C)C1=CCC=C(C)C=C1)C1CCCC1. The molecule has 0 atom stereocenters. The second-order valence-corrected chi connectivity index (χ2v) is 7.55. The lowest BCUT2D eigenvalue weighted by atomic mass is 9.87. The van der Waals surface area contributed by atoms with Crippen molar-refractivity contribution in [1.29, 1.82) is 0 Å². The van der Waals surface area contributed by atoms with E-state index in [0.717, 1.165) is 6.42 Å². The fourth-order valence-electron chi connectivity index (χ4n) is 3.97. The fourth-order valence-corrected chi connectivity index (χ4v) is 3.97. The third-order valence-corrected chi connectivity index (χ3v) is 5.64. The van der Waals surface area contributed by atoms with Crippen molar-refractivity contribution in [1.82, 2.24) is 0 Å². The number of aryl methyl sites for hydroxylation is 1. The molecule has 0 nitrogen and oxygen atoms in total. The van der Waals surface area contributed by atoms with Crippen LogP contribution in [0.5, 0.6) is 0 Å². The molecular formula is C25H30. The van der Waals surface area contributed by atoms with Crippen LogP contribution in [0.3, 0.4) is 0 Å². The van der Waals surface area contributed by atoms with Gasteiger partial charge in [0.15, 0.2) is 0 Å². The Kier molecular flexibility index (Phi) is 5.58. The molecule has 0 saturated heterocycles. The molecule has 3 rings (SSSR count). The first kappa shape index (κ1) is 17.7. The Morgan fingerprint density at radius 3 is 2.60 bits per heavy atom. The van der Waals surface area contributed by atoms with E-state index in [1.807, 2.05) is 0 Å². The molecule has 1 aromatic carbocycles. The van der Waals surface area contributed by atoms with Crippen LogP contribution in [0.2, 0.25) is 0 Å². The van der Waals surface area contributed by atoms with E-state index in [2.05, 4.69) is 75.9 Å². The van der Waals surface area contributed by atoms with Crippen molar-refractivity contribution in [3.63, 3.8) is 0 Å². The molecule has 25 heavy (non-hydrogen) atoms. The number of benzene rings is 1. The van der Waals surface area contributed by atoms with Crippen molar-refractivity contribution >= 4 is 11.6 Å². The second kappa shape index (κ2) is 7.87. The average molecular weight is 331 g/mol. The predicted molar refractivity (Wildman–Crippen MR) is 111 cm³/mol. The van der Waals surface area contributed by atoms with Gasteiger partial charge in [-0.05, 0) is 79.4 Å². The molecule has 2 aliphatic carbocycles. The summed E-state index contributed by atoms with van der Waals surface area (Å²) >= 11 is 0. The van der Waals surface area contributed by atoms with Crippen LogP contribution >= 0.6 is 0 Å². The van der Waals surface area contributed by atoms with Crippen LogP contribution < -0.4 is 0 Å². The molecule has 0 radical (unpaired) electrons. The summed E-state index contributed by atoms with van der Waals surface area (Å²) in [4.78, 5) is 0. The molecule has 1 saturated carbocycles. The molecule has 0 bridgehead atoms. The molecular weight excluding hydrogens is 300 g/mol. The number of hydrogen-bond acceptors (Lipinski definition) is 0. The van der Waals surface area contributed by atoms with E-state index in [-0.39, 0.29) is 0 Å². The van der Waals surface area contributed by atoms with Crippen molar-refractivity contribution < 1.29 is 0 Å². The zero-order chi connectivity index (χ0) is 17.8. The topological polar surface area (TPSA) is 0 Å². The maximum absolute atomic E-state index is 4.49. The Hall–Kier alpha value is -2.08. The third kappa shape index (κ3) is 4.12. The molecule has 0 aliphatic heterocycles. The van der Waals surface area contributed by atoms with Gasteiger partial charge < -0.3 is 0 Å². The maximum atomic E-state index is 4.49. The molecule has 130 valence electrons. The minimum Gasteiger partial charge on any atom is -0.0949 e. The highest BCUT2D eigenvalue weighted by Gasteiger charge is 2.20. The molecule has 0 spiro atoms. The first-order chi connectivity index (χ1) is 12.1. The number of rotatable bonds is 4. The van der Waals surface area contributed by atoms with E-state index >= 15 is 0 Å². The highest BCUT2D eigenvalue weighted by atomic mass is 14.3. The molecule has 0 N–H and O–H groups in total. The summed E-state index contributed by atoms with van der Waals surface area (Å²) in [5.41, 5.74) is 9.36. The van der Waals surface area contributed by atoms with Crippen LogP contribution in [-0.4, -0.2) is 0 Å². The smallest absolute Gasteiger partial charge is 0.0149 e. The fraction of sp³-hybridized carbons (Fsp3) is 0.360. The molecule has 0 unspecified atom stereocenters. The maximum Gasteiger partial charge on any atom is -0.0149 e. The van der Waals surface area contributed by atoms with E-state index in [9.17, 15) is 0 Å². The standard InChI is InChI=1S/C25H30/c1-18-9-7-13-22(16-15-18)20(3)17-25-19(2)10-8-14-24(25)21(4)23-11-5-6-12-23/h8-10,13-17,23H,4-7,11-12H2,1-3H3/b20-17+. The summed E-state index contributed by atoms with van der Waals surface area (Å²) in [6.45, 7) is 11.1. The molecule has 2 aliphatic rings. The first-order valence-corrected chi connectivity index (χ1v) is 9.58. The summed E-state index contributed by atoms with van der Waals surface area (Å²) in [7, 11) is 0. The van der Waals surface area contributed by atoms with Gasteiger partial charge in [0, 0.05) is 0 Å². The molecule has 0 heterocycles. The van der Waals surface area contributed by atoms with Gasteiger partial charge in [-0.1, -0.05) is 73.6 Å². The largest absolute Gasteiger partial charge is 0.0949 e. The second-order valence-electron chi connectivity index (χ2n) is 7.55. The zero-order valence-corrected chi connectivity index (χ0v) is 15.9. The van der Waals surface area contributed by atoms with E-state index in [1.54, 1.807) is 0 Å². The van der Waals surface area contributed by atoms with Gasteiger partial charge in [0.1, 0.15) is 0 Å². The first-order valence-electron chi connectivity index (χ1n) is 9.58. The highest BCUT2D eigenvalue weighted by Crippen LogP contribution is 2.38. The molecule has 0 amide bonds. The van der Waals surface area contributed by atoms with Crippen molar-refractivity contribution in [3.05, 3.63) is 82.5 Å². The van der Waals surface area contributed by atoms with Crippen LogP contribution in [-0.2, 0) is 0 Å². The quantitative estimate of drug-likeness (QED) is 0.538. The van der Waals surface area contributed by atoms with Gasteiger partial charge in [-0.25, -0.2) is 0 Å².